The average Bonchev–Trinajstić information content (AvgIpc) is 2.32. The maximum Gasteiger partial charge on any atom is 0.161 e. The molecular formula is C12H11Br2N3. The first-order chi connectivity index (χ1) is 8.10. The second kappa shape index (κ2) is 5.14. The Labute approximate surface area is 117 Å². The smallest absolute Gasteiger partial charge is 0.161 e. The van der Waals surface area contributed by atoms with Crippen LogP contribution in [0.5, 0.6) is 0 Å². The Morgan fingerprint density at radius 3 is 2.47 bits per heavy atom. The van der Waals surface area contributed by atoms with Crippen molar-refractivity contribution in [2.24, 2.45) is 0 Å². The van der Waals surface area contributed by atoms with Crippen molar-refractivity contribution in [2.75, 3.05) is 12.4 Å². The lowest BCUT2D eigenvalue weighted by molar-refractivity contribution is 1.11. The van der Waals surface area contributed by atoms with Crippen LogP contribution in [0.15, 0.2) is 33.2 Å². The Balaban J connectivity index is 2.52. The molecule has 2 rings (SSSR count). The maximum absolute atomic E-state index is 4.44. The lowest BCUT2D eigenvalue weighted by Gasteiger charge is -2.06. The van der Waals surface area contributed by atoms with Crippen molar-refractivity contribution in [3.05, 3.63) is 38.9 Å². The summed E-state index contributed by atoms with van der Waals surface area (Å²) in [6.07, 6.45) is 0. The highest BCUT2D eigenvalue weighted by Gasteiger charge is 2.06. The first-order valence-corrected chi connectivity index (χ1v) is 6.67. The minimum Gasteiger partial charge on any atom is -0.373 e. The second-order valence-electron chi connectivity index (χ2n) is 3.60. The summed E-state index contributed by atoms with van der Waals surface area (Å²) in [6.45, 7) is 1.96. The van der Waals surface area contributed by atoms with Crippen LogP contribution in [0, 0.1) is 6.92 Å². The van der Waals surface area contributed by atoms with Gasteiger partial charge in [-0.3, -0.25) is 0 Å². The van der Waals surface area contributed by atoms with Gasteiger partial charge >= 0.3 is 0 Å². The van der Waals surface area contributed by atoms with Crippen molar-refractivity contribution in [1.82, 2.24) is 9.97 Å². The molecule has 0 saturated carbocycles. The molecule has 3 nitrogen and oxygen atoms in total. The summed E-state index contributed by atoms with van der Waals surface area (Å²) in [5, 5.41) is 3.03. The normalized spacial score (nSPS) is 10.4. The van der Waals surface area contributed by atoms with E-state index in [0.29, 0.717) is 0 Å². The number of halogens is 2. The van der Waals surface area contributed by atoms with Crippen molar-refractivity contribution in [3.63, 3.8) is 0 Å². The van der Waals surface area contributed by atoms with Gasteiger partial charge in [-0.15, -0.1) is 0 Å². The predicted molar refractivity (Wildman–Crippen MR) is 77.2 cm³/mol. The molecule has 0 radical (unpaired) electrons. The molecule has 0 amide bonds. The van der Waals surface area contributed by atoms with Gasteiger partial charge in [-0.1, -0.05) is 0 Å². The number of nitrogens with one attached hydrogen (secondary N) is 1. The first kappa shape index (κ1) is 12.5. The molecule has 1 aromatic heterocycles. The van der Waals surface area contributed by atoms with E-state index in [0.717, 1.165) is 31.8 Å². The van der Waals surface area contributed by atoms with E-state index in [-0.39, 0.29) is 0 Å². The zero-order chi connectivity index (χ0) is 12.4. The fourth-order valence-corrected chi connectivity index (χ4v) is 2.09. The molecule has 5 heteroatoms. The number of rotatable bonds is 2. The number of aryl methyl sites for hydroxylation is 1. The molecule has 2 aromatic rings. The Morgan fingerprint density at radius 1 is 1.06 bits per heavy atom. The van der Waals surface area contributed by atoms with Crippen LogP contribution in [-0.4, -0.2) is 17.0 Å². The zero-order valence-corrected chi connectivity index (χ0v) is 12.6. The topological polar surface area (TPSA) is 37.8 Å². The molecule has 0 unspecified atom stereocenters. The largest absolute Gasteiger partial charge is 0.373 e. The van der Waals surface area contributed by atoms with Crippen LogP contribution in [0.4, 0.5) is 5.82 Å². The highest BCUT2D eigenvalue weighted by Crippen LogP contribution is 2.28. The zero-order valence-electron chi connectivity index (χ0n) is 9.46. The van der Waals surface area contributed by atoms with E-state index < -0.39 is 0 Å². The summed E-state index contributed by atoms with van der Waals surface area (Å²) in [6, 6.07) is 7.88. The van der Waals surface area contributed by atoms with Gasteiger partial charge in [0.2, 0.25) is 0 Å². The van der Waals surface area contributed by atoms with E-state index >= 15 is 0 Å². The molecule has 88 valence electrons. The summed E-state index contributed by atoms with van der Waals surface area (Å²) in [7, 11) is 1.85. The third-order valence-corrected chi connectivity index (χ3v) is 4.17. The average molecular weight is 357 g/mol. The van der Waals surface area contributed by atoms with Gasteiger partial charge in [0, 0.05) is 33.3 Å². The van der Waals surface area contributed by atoms with Gasteiger partial charge in [-0.2, -0.15) is 0 Å². The Hall–Kier alpha value is -0.940. The van der Waals surface area contributed by atoms with Crippen molar-refractivity contribution < 1.29 is 0 Å². The van der Waals surface area contributed by atoms with Crippen molar-refractivity contribution in [3.8, 4) is 11.4 Å². The van der Waals surface area contributed by atoms with Crippen molar-refractivity contribution in [2.45, 2.75) is 6.92 Å². The van der Waals surface area contributed by atoms with Crippen LogP contribution in [0.2, 0.25) is 0 Å². The van der Waals surface area contributed by atoms with Gasteiger partial charge in [0.1, 0.15) is 5.82 Å². The number of anilines is 1. The van der Waals surface area contributed by atoms with Gasteiger partial charge in [0.05, 0.1) is 0 Å². The molecule has 0 aliphatic heterocycles. The van der Waals surface area contributed by atoms with E-state index in [1.807, 2.05) is 38.2 Å². The minimum absolute atomic E-state index is 0.725. The number of hydrogen-bond acceptors (Lipinski definition) is 3. The third-order valence-electron chi connectivity index (χ3n) is 2.29. The highest BCUT2D eigenvalue weighted by molar-refractivity contribution is 9.13. The summed E-state index contributed by atoms with van der Waals surface area (Å²) >= 11 is 6.92. The highest BCUT2D eigenvalue weighted by atomic mass is 79.9. The molecule has 17 heavy (non-hydrogen) atoms. The minimum atomic E-state index is 0.725. The van der Waals surface area contributed by atoms with Crippen LogP contribution in [0.3, 0.4) is 0 Å². The summed E-state index contributed by atoms with van der Waals surface area (Å²) in [5.41, 5.74) is 1.93. The first-order valence-electron chi connectivity index (χ1n) is 5.09. The maximum atomic E-state index is 4.44. The Kier molecular flexibility index (Phi) is 3.79. The van der Waals surface area contributed by atoms with Crippen LogP contribution in [-0.2, 0) is 0 Å². The van der Waals surface area contributed by atoms with Gasteiger partial charge in [-0.05, 0) is 57.0 Å². The standard InChI is InChI=1S/C12H11Br2N3/c1-7-5-11(15-2)17-12(16-7)8-3-4-9(13)10(14)6-8/h3-6H,1-2H3,(H,15,16,17). The number of benzene rings is 1. The summed E-state index contributed by atoms with van der Waals surface area (Å²) in [4.78, 5) is 8.87. The molecule has 0 spiro atoms. The second-order valence-corrected chi connectivity index (χ2v) is 5.31. The van der Waals surface area contributed by atoms with Gasteiger partial charge in [-0.25, -0.2) is 9.97 Å². The quantitative estimate of drug-likeness (QED) is 0.883. The molecule has 0 fully saturated rings. The molecule has 1 aromatic carbocycles. The molecule has 1 heterocycles. The van der Waals surface area contributed by atoms with Crippen LogP contribution < -0.4 is 5.32 Å². The SMILES string of the molecule is CNc1cc(C)nc(-c2ccc(Br)c(Br)c2)n1. The summed E-state index contributed by atoms with van der Waals surface area (Å²) < 4.78 is 2.01. The molecule has 0 aliphatic carbocycles. The molecule has 0 bridgehead atoms. The van der Waals surface area contributed by atoms with Gasteiger partial charge in [0.15, 0.2) is 5.82 Å². The molecule has 0 atom stereocenters. The van der Waals surface area contributed by atoms with E-state index in [1.165, 1.54) is 0 Å². The fraction of sp³-hybridized carbons (Fsp3) is 0.167. The van der Waals surface area contributed by atoms with Crippen molar-refractivity contribution >= 4 is 37.7 Å². The number of hydrogen-bond donors (Lipinski definition) is 1. The van der Waals surface area contributed by atoms with Crippen LogP contribution >= 0.6 is 31.9 Å². The lowest BCUT2D eigenvalue weighted by Crippen LogP contribution is -1.98. The Bertz CT molecular complexity index is 555. The van der Waals surface area contributed by atoms with E-state index in [4.69, 9.17) is 0 Å². The van der Waals surface area contributed by atoms with Gasteiger partial charge < -0.3 is 5.32 Å². The van der Waals surface area contributed by atoms with E-state index in [9.17, 15) is 0 Å². The number of nitrogens with zero attached hydrogens (tertiary/aromatic N) is 2. The molecular weight excluding hydrogens is 346 g/mol. The number of aromatic nitrogens is 2. The van der Waals surface area contributed by atoms with E-state index in [1.54, 1.807) is 0 Å². The van der Waals surface area contributed by atoms with E-state index in [2.05, 4.69) is 47.1 Å². The fourth-order valence-electron chi connectivity index (χ4n) is 1.46. The predicted octanol–water partition coefficient (Wildman–Crippen LogP) is 4.02. The monoisotopic (exact) mass is 355 g/mol. The summed E-state index contributed by atoms with van der Waals surface area (Å²) in [5.74, 6) is 1.55. The molecule has 0 saturated heterocycles. The van der Waals surface area contributed by atoms with Crippen LogP contribution in [0.25, 0.3) is 11.4 Å². The van der Waals surface area contributed by atoms with Crippen LogP contribution in [0.1, 0.15) is 5.69 Å². The lowest BCUT2D eigenvalue weighted by atomic mass is 10.2. The Morgan fingerprint density at radius 2 is 1.82 bits per heavy atom. The van der Waals surface area contributed by atoms with Crippen molar-refractivity contribution in [1.29, 1.82) is 0 Å². The third kappa shape index (κ3) is 2.84. The molecule has 1 N–H and O–H groups in total. The molecule has 0 aliphatic rings. The van der Waals surface area contributed by atoms with Gasteiger partial charge in [0.25, 0.3) is 0 Å².